The average Bonchev–Trinajstić information content (AvgIpc) is 2.92. The van der Waals surface area contributed by atoms with Gasteiger partial charge in [0.25, 0.3) is 0 Å². The fourth-order valence-corrected chi connectivity index (χ4v) is 1.68. The lowest BCUT2D eigenvalue weighted by molar-refractivity contribution is -0.126. The molecule has 2 nitrogen and oxygen atoms in total. The Balaban J connectivity index is 2.42. The molecule has 1 aliphatic carbocycles. The van der Waals surface area contributed by atoms with Crippen LogP contribution in [-0.4, -0.2) is 11.8 Å². The van der Waals surface area contributed by atoms with Gasteiger partial charge in [-0.3, -0.25) is 4.79 Å². The predicted octanol–water partition coefficient (Wildman–Crippen LogP) is 2.68. The smallest absolute Gasteiger partial charge is 0.158 e. The summed E-state index contributed by atoms with van der Waals surface area (Å²) in [5.41, 5.74) is 5.92. The van der Waals surface area contributed by atoms with Crippen LogP contribution in [0.3, 0.4) is 0 Å². The Morgan fingerprint density at radius 1 is 1.60 bits per heavy atom. The minimum absolute atomic E-state index is 0.113. The van der Waals surface area contributed by atoms with Crippen LogP contribution in [0.15, 0.2) is 12.7 Å². The zero-order valence-electron chi connectivity index (χ0n) is 10.2. The van der Waals surface area contributed by atoms with Gasteiger partial charge in [-0.15, -0.1) is 6.58 Å². The van der Waals surface area contributed by atoms with E-state index < -0.39 is 5.41 Å². The first-order valence-corrected chi connectivity index (χ1v) is 5.74. The van der Waals surface area contributed by atoms with Crippen LogP contribution < -0.4 is 5.73 Å². The highest BCUT2D eigenvalue weighted by Gasteiger charge is 2.38. The molecule has 0 aromatic carbocycles. The van der Waals surface area contributed by atoms with E-state index in [-0.39, 0.29) is 11.8 Å². The molecule has 86 valence electrons. The number of allylic oxidation sites excluding steroid dienone is 1. The number of rotatable bonds is 6. The van der Waals surface area contributed by atoms with Crippen LogP contribution in [-0.2, 0) is 4.79 Å². The number of ketones is 1. The van der Waals surface area contributed by atoms with Crippen molar-refractivity contribution in [2.75, 3.05) is 0 Å². The zero-order chi connectivity index (χ0) is 11.7. The Bertz CT molecular complexity index is 264. The minimum atomic E-state index is -0.482. The first-order chi connectivity index (χ1) is 6.81. The normalized spacial score (nSPS) is 20.8. The Labute approximate surface area is 92.9 Å². The van der Waals surface area contributed by atoms with Gasteiger partial charge in [0, 0.05) is 5.41 Å². The monoisotopic (exact) mass is 209 g/mol. The molecule has 1 aliphatic rings. The van der Waals surface area contributed by atoms with Crippen LogP contribution in [0.2, 0.25) is 0 Å². The van der Waals surface area contributed by atoms with Crippen LogP contribution in [0.5, 0.6) is 0 Å². The largest absolute Gasteiger partial charge is 0.321 e. The van der Waals surface area contributed by atoms with Crippen LogP contribution in [0.25, 0.3) is 0 Å². The number of hydrogen-bond donors (Lipinski definition) is 1. The van der Waals surface area contributed by atoms with Crippen LogP contribution in [0, 0.1) is 10.8 Å². The first-order valence-electron chi connectivity index (χ1n) is 5.74. The summed E-state index contributed by atoms with van der Waals surface area (Å²) in [4.78, 5) is 11.9. The van der Waals surface area contributed by atoms with E-state index in [0.717, 1.165) is 12.8 Å². The molecular formula is C13H23NO. The van der Waals surface area contributed by atoms with Crippen molar-refractivity contribution in [3.63, 3.8) is 0 Å². The lowest BCUT2D eigenvalue weighted by Crippen LogP contribution is -2.39. The molecule has 0 aromatic heterocycles. The molecule has 0 radical (unpaired) electrons. The molecule has 0 amide bonds. The highest BCUT2D eigenvalue weighted by Crippen LogP contribution is 2.49. The second-order valence-corrected chi connectivity index (χ2v) is 5.75. The Kier molecular flexibility index (Phi) is 3.39. The molecule has 15 heavy (non-hydrogen) atoms. The maximum atomic E-state index is 11.9. The highest BCUT2D eigenvalue weighted by atomic mass is 16.1. The molecule has 2 heteroatoms. The van der Waals surface area contributed by atoms with E-state index in [2.05, 4.69) is 13.5 Å². The summed E-state index contributed by atoms with van der Waals surface area (Å²) in [5, 5.41) is 0. The number of carbonyl (C=O) groups is 1. The van der Waals surface area contributed by atoms with Gasteiger partial charge in [-0.2, -0.15) is 0 Å². The molecule has 0 bridgehead atoms. The standard InChI is InChI=1S/C13H23NO/c1-5-12(2,3)11(15)10(14)6-7-13(4)8-9-13/h5,10H,1,6-9,14H2,2-4H3. The average molecular weight is 209 g/mol. The van der Waals surface area contributed by atoms with Crippen molar-refractivity contribution in [2.24, 2.45) is 16.6 Å². The first kappa shape index (κ1) is 12.4. The molecule has 1 fully saturated rings. The summed E-state index contributed by atoms with van der Waals surface area (Å²) >= 11 is 0. The topological polar surface area (TPSA) is 43.1 Å². The van der Waals surface area contributed by atoms with Crippen LogP contribution in [0.1, 0.15) is 46.5 Å². The number of hydrogen-bond acceptors (Lipinski definition) is 2. The Morgan fingerprint density at radius 2 is 2.13 bits per heavy atom. The molecule has 1 saturated carbocycles. The summed E-state index contributed by atoms with van der Waals surface area (Å²) in [7, 11) is 0. The van der Waals surface area contributed by atoms with Crippen molar-refractivity contribution in [1.29, 1.82) is 0 Å². The third kappa shape index (κ3) is 3.16. The molecular weight excluding hydrogens is 186 g/mol. The summed E-state index contributed by atoms with van der Waals surface area (Å²) < 4.78 is 0. The van der Waals surface area contributed by atoms with Crippen LogP contribution in [0.4, 0.5) is 0 Å². The van der Waals surface area contributed by atoms with Crippen molar-refractivity contribution in [2.45, 2.75) is 52.5 Å². The summed E-state index contributed by atoms with van der Waals surface area (Å²) in [6.07, 6.45) is 6.16. The van der Waals surface area contributed by atoms with Gasteiger partial charge in [-0.25, -0.2) is 0 Å². The van der Waals surface area contributed by atoms with E-state index in [1.807, 2.05) is 13.8 Å². The minimum Gasteiger partial charge on any atom is -0.321 e. The van der Waals surface area contributed by atoms with Gasteiger partial charge >= 0.3 is 0 Å². The van der Waals surface area contributed by atoms with Gasteiger partial charge in [-0.1, -0.05) is 13.0 Å². The lowest BCUT2D eigenvalue weighted by Gasteiger charge is -2.23. The summed E-state index contributed by atoms with van der Waals surface area (Å²) in [6.45, 7) is 9.70. The van der Waals surface area contributed by atoms with E-state index in [1.54, 1.807) is 6.08 Å². The van der Waals surface area contributed by atoms with Crippen molar-refractivity contribution >= 4 is 5.78 Å². The van der Waals surface area contributed by atoms with E-state index in [1.165, 1.54) is 12.8 Å². The van der Waals surface area contributed by atoms with Gasteiger partial charge < -0.3 is 5.73 Å². The van der Waals surface area contributed by atoms with Crippen molar-refractivity contribution < 1.29 is 4.79 Å². The van der Waals surface area contributed by atoms with Crippen molar-refractivity contribution in [1.82, 2.24) is 0 Å². The lowest BCUT2D eigenvalue weighted by atomic mass is 9.82. The molecule has 0 saturated heterocycles. The number of Topliss-reactive ketones (excluding diaryl/α,β-unsaturated/α-hetero) is 1. The molecule has 0 spiro atoms. The van der Waals surface area contributed by atoms with Crippen molar-refractivity contribution in [3.8, 4) is 0 Å². The Morgan fingerprint density at radius 3 is 2.53 bits per heavy atom. The van der Waals surface area contributed by atoms with Crippen LogP contribution >= 0.6 is 0 Å². The molecule has 1 atom stereocenters. The SMILES string of the molecule is C=CC(C)(C)C(=O)C(N)CCC1(C)CC1. The van der Waals surface area contributed by atoms with Gasteiger partial charge in [0.15, 0.2) is 5.78 Å². The molecule has 1 rings (SSSR count). The second-order valence-electron chi connectivity index (χ2n) is 5.75. The fraction of sp³-hybridized carbons (Fsp3) is 0.769. The number of nitrogens with two attached hydrogens (primary N) is 1. The van der Waals surface area contributed by atoms with Gasteiger partial charge in [0.1, 0.15) is 0 Å². The molecule has 0 aliphatic heterocycles. The number of carbonyl (C=O) groups excluding carboxylic acids is 1. The van der Waals surface area contributed by atoms with Gasteiger partial charge in [-0.05, 0) is 44.9 Å². The highest BCUT2D eigenvalue weighted by molar-refractivity contribution is 5.90. The zero-order valence-corrected chi connectivity index (χ0v) is 10.2. The van der Waals surface area contributed by atoms with E-state index in [0.29, 0.717) is 5.41 Å². The quantitative estimate of drug-likeness (QED) is 0.683. The van der Waals surface area contributed by atoms with E-state index in [9.17, 15) is 4.79 Å². The maximum Gasteiger partial charge on any atom is 0.158 e. The van der Waals surface area contributed by atoms with Gasteiger partial charge in [0.2, 0.25) is 0 Å². The fourth-order valence-electron chi connectivity index (χ4n) is 1.68. The maximum absolute atomic E-state index is 11.9. The summed E-state index contributed by atoms with van der Waals surface area (Å²) in [5.74, 6) is 0.113. The molecule has 0 aromatic rings. The van der Waals surface area contributed by atoms with Crippen molar-refractivity contribution in [3.05, 3.63) is 12.7 Å². The summed E-state index contributed by atoms with van der Waals surface area (Å²) in [6, 6.07) is -0.324. The van der Waals surface area contributed by atoms with E-state index in [4.69, 9.17) is 5.73 Å². The third-order valence-electron chi connectivity index (χ3n) is 3.64. The van der Waals surface area contributed by atoms with E-state index >= 15 is 0 Å². The third-order valence-corrected chi connectivity index (χ3v) is 3.64. The second kappa shape index (κ2) is 4.09. The molecule has 0 heterocycles. The predicted molar refractivity (Wildman–Crippen MR) is 63.5 cm³/mol. The van der Waals surface area contributed by atoms with Gasteiger partial charge in [0.05, 0.1) is 6.04 Å². The Hall–Kier alpha value is -0.630. The molecule has 2 N–H and O–H groups in total. The molecule has 1 unspecified atom stereocenters.